The number of hydrogen-bond acceptors (Lipinski definition) is 2. The van der Waals surface area contributed by atoms with Crippen molar-refractivity contribution in [3.8, 4) is 0 Å². The molecule has 46 heavy (non-hydrogen) atoms. The minimum absolute atomic E-state index is 0.153. The lowest BCUT2D eigenvalue weighted by molar-refractivity contribution is 0.0895. The van der Waals surface area contributed by atoms with Crippen LogP contribution in [0.5, 0.6) is 0 Å². The fourth-order valence-corrected chi connectivity index (χ4v) is 7.16. The van der Waals surface area contributed by atoms with Gasteiger partial charge in [0.2, 0.25) is 0 Å². The van der Waals surface area contributed by atoms with Crippen LogP contribution in [-0.4, -0.2) is 24.9 Å². The van der Waals surface area contributed by atoms with Crippen LogP contribution < -0.4 is 0 Å². The Bertz CT molecular complexity index is 448. The molecule has 0 bridgehead atoms. The summed E-state index contributed by atoms with van der Waals surface area (Å²) in [6.07, 6.45) is 58.2. The van der Waals surface area contributed by atoms with E-state index in [-0.39, 0.29) is 6.61 Å². The van der Waals surface area contributed by atoms with Crippen molar-refractivity contribution in [2.24, 2.45) is 0 Å². The molecule has 0 amide bonds. The molecule has 0 aliphatic rings. The predicted octanol–water partition coefficient (Wildman–Crippen LogP) is 15.6. The summed E-state index contributed by atoms with van der Waals surface area (Å²) in [5, 5.41) is 8.68. The maximum atomic E-state index is 8.68. The van der Waals surface area contributed by atoms with Crippen molar-refractivity contribution in [3.63, 3.8) is 0 Å². The van der Waals surface area contributed by atoms with E-state index in [0.29, 0.717) is 6.61 Å². The Morgan fingerprint density at radius 3 is 0.587 bits per heavy atom. The topological polar surface area (TPSA) is 29.5 Å². The fourth-order valence-electron chi connectivity index (χ4n) is 7.16. The van der Waals surface area contributed by atoms with Crippen molar-refractivity contribution in [3.05, 3.63) is 0 Å². The monoisotopic (exact) mass is 651 g/mol. The van der Waals surface area contributed by atoms with Gasteiger partial charge in [-0.2, -0.15) is 0 Å². The van der Waals surface area contributed by atoms with E-state index in [2.05, 4.69) is 6.92 Å². The van der Waals surface area contributed by atoms with Gasteiger partial charge in [0.25, 0.3) is 0 Å². The molecule has 0 unspecified atom stereocenters. The molecule has 0 saturated carbocycles. The Balaban J connectivity index is 3.03. The molecule has 0 aliphatic carbocycles. The number of aliphatic hydroxyl groups is 1. The molecule has 0 radical (unpaired) electrons. The van der Waals surface area contributed by atoms with Crippen molar-refractivity contribution in [2.45, 2.75) is 264 Å². The van der Waals surface area contributed by atoms with Crippen LogP contribution in [0.25, 0.3) is 0 Å². The van der Waals surface area contributed by atoms with Crippen molar-refractivity contribution in [2.75, 3.05) is 19.8 Å². The van der Waals surface area contributed by atoms with E-state index < -0.39 is 0 Å². The number of hydrogen-bond donors (Lipinski definition) is 1. The van der Waals surface area contributed by atoms with Gasteiger partial charge in [0.1, 0.15) is 0 Å². The van der Waals surface area contributed by atoms with Crippen molar-refractivity contribution < 1.29 is 9.84 Å². The molecule has 0 aromatic heterocycles. The molecule has 278 valence electrons. The second-order valence-corrected chi connectivity index (χ2v) is 15.1. The van der Waals surface area contributed by atoms with Crippen LogP contribution in [0.2, 0.25) is 0 Å². The maximum Gasteiger partial charge on any atom is 0.0697 e. The van der Waals surface area contributed by atoms with Gasteiger partial charge in [-0.3, -0.25) is 0 Å². The number of aliphatic hydroxyl groups excluding tert-OH is 1. The SMILES string of the molecule is CCCCCCCCCCCCCCCCCCCCCCCCCCCCCCCCCCCCCCCCCCOCCO. The summed E-state index contributed by atoms with van der Waals surface area (Å²) in [6, 6.07) is 0. The molecule has 2 nitrogen and oxygen atoms in total. The normalized spacial score (nSPS) is 11.6. The molecule has 0 aromatic rings. The van der Waals surface area contributed by atoms with Crippen LogP contribution in [0.15, 0.2) is 0 Å². The minimum atomic E-state index is 0.153. The molecule has 1 N–H and O–H groups in total. The highest BCUT2D eigenvalue weighted by atomic mass is 16.5. The van der Waals surface area contributed by atoms with Crippen LogP contribution in [0.1, 0.15) is 264 Å². The third-order valence-electron chi connectivity index (χ3n) is 10.4. The second kappa shape index (κ2) is 44.9. The average Bonchev–Trinajstić information content (AvgIpc) is 3.07. The Labute approximate surface area is 292 Å². The lowest BCUT2D eigenvalue weighted by Gasteiger charge is -2.05. The lowest BCUT2D eigenvalue weighted by atomic mass is 10.0. The first-order valence-electron chi connectivity index (χ1n) is 22.1. The highest BCUT2D eigenvalue weighted by Gasteiger charge is 1.98. The van der Waals surface area contributed by atoms with E-state index in [1.54, 1.807) is 0 Å². The Morgan fingerprint density at radius 2 is 0.413 bits per heavy atom. The average molecular weight is 651 g/mol. The molecule has 0 fully saturated rings. The third kappa shape index (κ3) is 43.9. The molecular formula is C44H90O2. The number of rotatable bonds is 43. The first-order valence-corrected chi connectivity index (χ1v) is 22.1. The second-order valence-electron chi connectivity index (χ2n) is 15.1. The zero-order chi connectivity index (χ0) is 33.1. The molecule has 0 aliphatic heterocycles. The molecule has 0 rings (SSSR count). The zero-order valence-corrected chi connectivity index (χ0v) is 32.3. The van der Waals surface area contributed by atoms with Gasteiger partial charge in [0.15, 0.2) is 0 Å². The highest BCUT2D eigenvalue weighted by Crippen LogP contribution is 2.17. The van der Waals surface area contributed by atoms with E-state index in [0.717, 1.165) is 13.0 Å². The minimum Gasteiger partial charge on any atom is -0.394 e. The van der Waals surface area contributed by atoms with E-state index >= 15 is 0 Å². The van der Waals surface area contributed by atoms with Gasteiger partial charge in [-0.15, -0.1) is 0 Å². The van der Waals surface area contributed by atoms with Gasteiger partial charge in [0, 0.05) is 6.61 Å². The third-order valence-corrected chi connectivity index (χ3v) is 10.4. The Morgan fingerprint density at radius 1 is 0.239 bits per heavy atom. The summed E-state index contributed by atoms with van der Waals surface area (Å²) in [7, 11) is 0. The van der Waals surface area contributed by atoms with E-state index in [1.165, 1.54) is 250 Å². The lowest BCUT2D eigenvalue weighted by Crippen LogP contribution is -2.00. The number of ether oxygens (including phenoxy) is 1. The van der Waals surface area contributed by atoms with Gasteiger partial charge in [0.05, 0.1) is 13.2 Å². The van der Waals surface area contributed by atoms with Crippen LogP contribution in [0.3, 0.4) is 0 Å². The molecule has 0 saturated heterocycles. The quantitative estimate of drug-likeness (QED) is 0.0665. The van der Waals surface area contributed by atoms with Gasteiger partial charge >= 0.3 is 0 Å². The molecular weight excluding hydrogens is 560 g/mol. The highest BCUT2D eigenvalue weighted by molar-refractivity contribution is 4.53. The van der Waals surface area contributed by atoms with Crippen LogP contribution in [0.4, 0.5) is 0 Å². The molecule has 2 heteroatoms. The molecule has 0 aromatic carbocycles. The van der Waals surface area contributed by atoms with E-state index in [1.807, 2.05) is 0 Å². The summed E-state index contributed by atoms with van der Waals surface area (Å²) >= 11 is 0. The molecule has 0 spiro atoms. The molecule has 0 heterocycles. The summed E-state index contributed by atoms with van der Waals surface area (Å²) in [5.74, 6) is 0. The van der Waals surface area contributed by atoms with E-state index in [4.69, 9.17) is 9.84 Å². The van der Waals surface area contributed by atoms with Crippen molar-refractivity contribution in [1.29, 1.82) is 0 Å². The summed E-state index contributed by atoms with van der Waals surface area (Å²) in [6.45, 7) is 3.78. The van der Waals surface area contributed by atoms with E-state index in [9.17, 15) is 0 Å². The maximum absolute atomic E-state index is 8.68. The largest absolute Gasteiger partial charge is 0.394 e. The Kier molecular flexibility index (Phi) is 44.8. The first kappa shape index (κ1) is 45.9. The summed E-state index contributed by atoms with van der Waals surface area (Å²) in [5.41, 5.74) is 0. The van der Waals surface area contributed by atoms with Gasteiger partial charge in [-0.05, 0) is 6.42 Å². The fraction of sp³-hybridized carbons (Fsp3) is 1.00. The van der Waals surface area contributed by atoms with Crippen LogP contribution in [0, 0.1) is 0 Å². The zero-order valence-electron chi connectivity index (χ0n) is 32.3. The smallest absolute Gasteiger partial charge is 0.0697 e. The summed E-state index contributed by atoms with van der Waals surface area (Å²) in [4.78, 5) is 0. The Hall–Kier alpha value is -0.0800. The van der Waals surface area contributed by atoms with Gasteiger partial charge < -0.3 is 9.84 Å². The summed E-state index contributed by atoms with van der Waals surface area (Å²) < 4.78 is 5.31. The number of unbranched alkanes of at least 4 members (excludes halogenated alkanes) is 39. The van der Waals surface area contributed by atoms with Crippen molar-refractivity contribution in [1.82, 2.24) is 0 Å². The van der Waals surface area contributed by atoms with Gasteiger partial charge in [-0.1, -0.05) is 257 Å². The van der Waals surface area contributed by atoms with Crippen LogP contribution >= 0.6 is 0 Å². The predicted molar refractivity (Wildman–Crippen MR) is 208 cm³/mol. The van der Waals surface area contributed by atoms with Crippen molar-refractivity contribution >= 4 is 0 Å². The molecule has 0 atom stereocenters. The first-order chi connectivity index (χ1) is 22.9. The standard InChI is InChI=1S/C44H90O2/c1-2-3-4-5-6-7-8-9-10-11-12-13-14-15-16-17-18-19-20-21-22-23-24-25-26-27-28-29-30-31-32-33-34-35-36-37-38-39-40-41-43-46-44-42-45/h45H,2-44H2,1H3. The van der Waals surface area contributed by atoms with Gasteiger partial charge in [-0.25, -0.2) is 0 Å². The van der Waals surface area contributed by atoms with Crippen LogP contribution in [-0.2, 0) is 4.74 Å².